The average molecular weight is 346 g/mol. The van der Waals surface area contributed by atoms with Gasteiger partial charge in [0, 0.05) is 17.4 Å². The van der Waals surface area contributed by atoms with Gasteiger partial charge in [0.05, 0.1) is 5.00 Å². The average Bonchev–Trinajstić information content (AvgIpc) is 3.14. The van der Waals surface area contributed by atoms with Gasteiger partial charge in [-0.15, -0.1) is 11.3 Å². The zero-order valence-electron chi connectivity index (χ0n) is 13.0. The van der Waals surface area contributed by atoms with Crippen LogP contribution >= 0.6 is 11.3 Å². The summed E-state index contributed by atoms with van der Waals surface area (Å²) in [5.41, 5.74) is 0.260. The number of anilines is 1. The molecule has 0 aliphatic heterocycles. The Morgan fingerprint density at radius 2 is 2.04 bits per heavy atom. The smallest absolute Gasteiger partial charge is 0.320 e. The highest BCUT2D eigenvalue weighted by Crippen LogP contribution is 2.24. The van der Waals surface area contributed by atoms with Crippen molar-refractivity contribution in [2.75, 3.05) is 5.32 Å². The summed E-state index contributed by atoms with van der Waals surface area (Å²) in [6, 6.07) is 8.51. The van der Waals surface area contributed by atoms with Crippen LogP contribution in [0.1, 0.15) is 28.2 Å². The van der Waals surface area contributed by atoms with Crippen LogP contribution in [0.5, 0.6) is 0 Å². The number of hydrogen-bond acceptors (Lipinski definition) is 5. The zero-order chi connectivity index (χ0) is 17.1. The van der Waals surface area contributed by atoms with E-state index in [0.717, 1.165) is 4.88 Å². The number of carbonyl (C=O) groups excluding carboxylic acids is 1. The van der Waals surface area contributed by atoms with Crippen LogP contribution in [-0.2, 0) is 0 Å². The van der Waals surface area contributed by atoms with E-state index < -0.39 is 17.9 Å². The normalized spacial score (nSPS) is 12.0. The first-order valence-corrected chi connectivity index (χ1v) is 8.03. The fourth-order valence-corrected chi connectivity index (χ4v) is 2.97. The van der Waals surface area contributed by atoms with Gasteiger partial charge >= 0.3 is 6.03 Å². The second-order valence-electron chi connectivity index (χ2n) is 5.13. The Bertz CT molecular complexity index is 861. The highest BCUT2D eigenvalue weighted by atomic mass is 32.1. The van der Waals surface area contributed by atoms with Crippen molar-refractivity contribution >= 4 is 22.4 Å². The topological polar surface area (TPSA) is 80.0 Å². The first-order valence-electron chi connectivity index (χ1n) is 7.21. The Labute approximate surface area is 141 Å². The summed E-state index contributed by atoms with van der Waals surface area (Å²) in [7, 11) is 0. The summed E-state index contributed by atoms with van der Waals surface area (Å²) in [6.45, 7) is 3.57. The van der Waals surface area contributed by atoms with Gasteiger partial charge < -0.3 is 9.84 Å². The molecule has 8 heteroatoms. The summed E-state index contributed by atoms with van der Waals surface area (Å²) in [5.74, 6) is 0.0646. The second kappa shape index (κ2) is 6.79. The van der Waals surface area contributed by atoms with E-state index in [1.54, 1.807) is 31.2 Å². The Hall–Kier alpha value is -2.74. The molecule has 0 saturated carbocycles. The van der Waals surface area contributed by atoms with Crippen LogP contribution < -0.4 is 10.6 Å². The quantitative estimate of drug-likeness (QED) is 0.753. The molecule has 1 unspecified atom stereocenters. The molecule has 2 aromatic heterocycles. The van der Waals surface area contributed by atoms with E-state index >= 15 is 0 Å². The van der Waals surface area contributed by atoms with E-state index in [2.05, 4.69) is 20.8 Å². The lowest BCUT2D eigenvalue weighted by Crippen LogP contribution is -2.34. The number of halogens is 1. The van der Waals surface area contributed by atoms with E-state index in [1.807, 2.05) is 13.0 Å². The third-order valence-corrected chi connectivity index (χ3v) is 4.19. The first-order chi connectivity index (χ1) is 11.5. The van der Waals surface area contributed by atoms with Gasteiger partial charge in [-0.25, -0.2) is 9.18 Å². The Balaban J connectivity index is 1.85. The molecule has 1 aromatic carbocycles. The molecule has 2 N–H and O–H groups in total. The lowest BCUT2D eigenvalue weighted by molar-refractivity contribution is 0.249. The number of nitrogens with one attached hydrogen (secondary N) is 2. The molecular weight excluding hydrogens is 331 g/mol. The lowest BCUT2D eigenvalue weighted by Gasteiger charge is -2.16. The van der Waals surface area contributed by atoms with Crippen molar-refractivity contribution in [3.05, 3.63) is 64.4 Å². The van der Waals surface area contributed by atoms with Gasteiger partial charge in [0.15, 0.2) is 5.82 Å². The summed E-state index contributed by atoms with van der Waals surface area (Å²) in [4.78, 5) is 17.5. The third kappa shape index (κ3) is 3.60. The van der Waals surface area contributed by atoms with Gasteiger partial charge in [-0.3, -0.25) is 5.32 Å². The second-order valence-corrected chi connectivity index (χ2v) is 6.42. The molecule has 0 aliphatic rings. The Kier molecular flexibility index (Phi) is 4.57. The predicted molar refractivity (Wildman–Crippen MR) is 88.5 cm³/mol. The molecular formula is C16H15FN4O2S. The van der Waals surface area contributed by atoms with Crippen molar-refractivity contribution in [3.63, 3.8) is 0 Å². The van der Waals surface area contributed by atoms with E-state index in [0.29, 0.717) is 10.9 Å². The standard InChI is InChI=1S/C16H15FN4O2S/c1-9-7-8-13(24-9)19-16(22)20-14(15-18-10(2)23-21-15)11-5-3-4-6-12(11)17/h3-8,14H,1-2H3,(H2,19,20,22). The maximum atomic E-state index is 14.2. The number of aryl methyl sites for hydroxylation is 2. The monoisotopic (exact) mass is 346 g/mol. The number of thiophene rings is 1. The maximum absolute atomic E-state index is 14.2. The molecule has 2 amide bonds. The number of rotatable bonds is 4. The van der Waals surface area contributed by atoms with E-state index in [9.17, 15) is 9.18 Å². The van der Waals surface area contributed by atoms with Crippen LogP contribution in [0.4, 0.5) is 14.2 Å². The van der Waals surface area contributed by atoms with Crippen LogP contribution in [0.3, 0.4) is 0 Å². The van der Waals surface area contributed by atoms with Gasteiger partial charge in [0.2, 0.25) is 5.89 Å². The minimum absolute atomic E-state index is 0.190. The number of urea groups is 1. The Morgan fingerprint density at radius 3 is 2.67 bits per heavy atom. The van der Waals surface area contributed by atoms with Crippen LogP contribution in [-0.4, -0.2) is 16.2 Å². The third-order valence-electron chi connectivity index (χ3n) is 3.27. The highest BCUT2D eigenvalue weighted by molar-refractivity contribution is 7.16. The number of hydrogen-bond donors (Lipinski definition) is 2. The summed E-state index contributed by atoms with van der Waals surface area (Å²) in [5, 5.41) is 9.91. The molecule has 3 aromatic rings. The van der Waals surface area contributed by atoms with Crippen LogP contribution in [0, 0.1) is 19.7 Å². The van der Waals surface area contributed by atoms with E-state index in [-0.39, 0.29) is 11.4 Å². The fraction of sp³-hybridized carbons (Fsp3) is 0.188. The van der Waals surface area contributed by atoms with Crippen molar-refractivity contribution in [1.82, 2.24) is 15.5 Å². The molecule has 124 valence electrons. The largest absolute Gasteiger partial charge is 0.340 e. The lowest BCUT2D eigenvalue weighted by atomic mass is 10.1. The number of amides is 2. The first kappa shape index (κ1) is 16.1. The van der Waals surface area contributed by atoms with Crippen molar-refractivity contribution in [3.8, 4) is 0 Å². The maximum Gasteiger partial charge on any atom is 0.320 e. The molecule has 0 aliphatic carbocycles. The molecule has 0 radical (unpaired) electrons. The van der Waals surface area contributed by atoms with E-state index in [1.165, 1.54) is 17.4 Å². The minimum atomic E-state index is -0.857. The molecule has 3 rings (SSSR count). The van der Waals surface area contributed by atoms with Gasteiger partial charge in [0.1, 0.15) is 11.9 Å². The van der Waals surface area contributed by atoms with Crippen LogP contribution in [0.25, 0.3) is 0 Å². The molecule has 0 bridgehead atoms. The van der Waals surface area contributed by atoms with Crippen molar-refractivity contribution < 1.29 is 13.7 Å². The summed E-state index contributed by atoms with van der Waals surface area (Å²) in [6.07, 6.45) is 0. The van der Waals surface area contributed by atoms with Crippen molar-refractivity contribution in [2.24, 2.45) is 0 Å². The molecule has 1 atom stereocenters. The molecule has 0 spiro atoms. The highest BCUT2D eigenvalue weighted by Gasteiger charge is 2.24. The minimum Gasteiger partial charge on any atom is -0.340 e. The molecule has 6 nitrogen and oxygen atoms in total. The predicted octanol–water partition coefficient (Wildman–Crippen LogP) is 3.80. The molecule has 0 fully saturated rings. The van der Waals surface area contributed by atoms with Crippen LogP contribution in [0.2, 0.25) is 0 Å². The van der Waals surface area contributed by atoms with Gasteiger partial charge in [0.25, 0.3) is 0 Å². The number of aromatic nitrogens is 2. The zero-order valence-corrected chi connectivity index (χ0v) is 13.9. The summed E-state index contributed by atoms with van der Waals surface area (Å²) >= 11 is 1.45. The fourth-order valence-electron chi connectivity index (χ4n) is 2.20. The molecule has 0 saturated heterocycles. The number of carbonyl (C=O) groups is 1. The number of nitrogens with zero attached hydrogens (tertiary/aromatic N) is 2. The van der Waals surface area contributed by atoms with Crippen molar-refractivity contribution in [1.29, 1.82) is 0 Å². The van der Waals surface area contributed by atoms with Crippen LogP contribution in [0.15, 0.2) is 40.9 Å². The molecule has 24 heavy (non-hydrogen) atoms. The number of benzene rings is 1. The van der Waals surface area contributed by atoms with E-state index in [4.69, 9.17) is 4.52 Å². The summed E-state index contributed by atoms with van der Waals surface area (Å²) < 4.78 is 19.1. The van der Waals surface area contributed by atoms with Gasteiger partial charge in [-0.2, -0.15) is 4.98 Å². The van der Waals surface area contributed by atoms with Crippen molar-refractivity contribution in [2.45, 2.75) is 19.9 Å². The Morgan fingerprint density at radius 1 is 1.25 bits per heavy atom. The van der Waals surface area contributed by atoms with Gasteiger partial charge in [-0.05, 0) is 25.1 Å². The SMILES string of the molecule is Cc1nc(C(NC(=O)Nc2ccc(C)s2)c2ccccc2F)no1. The molecule has 2 heterocycles. The van der Waals surface area contributed by atoms with Gasteiger partial charge in [-0.1, -0.05) is 23.4 Å².